The van der Waals surface area contributed by atoms with Crippen LogP contribution >= 0.6 is 23.6 Å². The van der Waals surface area contributed by atoms with Crippen LogP contribution < -0.4 is 5.73 Å². The van der Waals surface area contributed by atoms with Crippen LogP contribution in [0.4, 0.5) is 0 Å². The van der Waals surface area contributed by atoms with Crippen molar-refractivity contribution in [2.45, 2.75) is 25.2 Å². The Morgan fingerprint density at radius 3 is 2.94 bits per heavy atom. The molecule has 1 aromatic heterocycles. The fourth-order valence-corrected chi connectivity index (χ4v) is 3.17. The highest BCUT2D eigenvalue weighted by molar-refractivity contribution is 7.80. The van der Waals surface area contributed by atoms with Gasteiger partial charge < -0.3 is 10.6 Å². The molecule has 1 saturated heterocycles. The van der Waals surface area contributed by atoms with E-state index in [0.717, 1.165) is 5.01 Å². The molecule has 16 heavy (non-hydrogen) atoms. The van der Waals surface area contributed by atoms with Gasteiger partial charge in [-0.25, -0.2) is 4.98 Å². The molecule has 88 valence electrons. The molecule has 1 aliphatic heterocycles. The monoisotopic (exact) mass is 255 g/mol. The normalized spacial score (nSPS) is 18.8. The van der Waals surface area contributed by atoms with Crippen molar-refractivity contribution in [1.82, 2.24) is 9.88 Å². The van der Waals surface area contributed by atoms with Gasteiger partial charge in [0.2, 0.25) is 0 Å². The van der Waals surface area contributed by atoms with Gasteiger partial charge in [0.25, 0.3) is 0 Å². The number of thiazole rings is 1. The highest BCUT2D eigenvalue weighted by Crippen LogP contribution is 2.28. The van der Waals surface area contributed by atoms with Gasteiger partial charge in [-0.05, 0) is 33.0 Å². The van der Waals surface area contributed by atoms with Crippen molar-refractivity contribution in [3.05, 3.63) is 16.1 Å². The third-order valence-corrected chi connectivity index (χ3v) is 4.04. The molecule has 0 unspecified atom stereocenters. The summed E-state index contributed by atoms with van der Waals surface area (Å²) in [6.45, 7) is 2.35. The van der Waals surface area contributed by atoms with Gasteiger partial charge in [0.15, 0.2) is 0 Å². The molecule has 0 aromatic carbocycles. The summed E-state index contributed by atoms with van der Waals surface area (Å²) in [4.78, 5) is 7.54. The Balaban J connectivity index is 1.99. The second kappa shape index (κ2) is 5.21. The minimum Gasteiger partial charge on any atom is -0.393 e. The summed E-state index contributed by atoms with van der Waals surface area (Å²) in [5.74, 6) is 0.632. The Labute approximate surface area is 106 Å². The lowest BCUT2D eigenvalue weighted by Crippen LogP contribution is -2.29. The van der Waals surface area contributed by atoms with Crippen LogP contribution in [0.15, 0.2) is 5.38 Å². The van der Waals surface area contributed by atoms with Crippen molar-refractivity contribution in [2.75, 3.05) is 20.1 Å². The van der Waals surface area contributed by atoms with Crippen LogP contribution in [0.1, 0.15) is 29.5 Å². The smallest absolute Gasteiger partial charge is 0.0995 e. The van der Waals surface area contributed by atoms with Crippen LogP contribution in [0.2, 0.25) is 0 Å². The maximum Gasteiger partial charge on any atom is 0.0995 e. The molecule has 2 N–H and O–H groups in total. The molecule has 3 nitrogen and oxygen atoms in total. The first-order valence-corrected chi connectivity index (χ1v) is 6.85. The Hall–Kier alpha value is -0.520. The van der Waals surface area contributed by atoms with Gasteiger partial charge in [-0.15, -0.1) is 11.3 Å². The number of rotatable bonds is 3. The topological polar surface area (TPSA) is 42.1 Å². The Morgan fingerprint density at radius 2 is 2.31 bits per heavy atom. The van der Waals surface area contributed by atoms with Crippen LogP contribution in [-0.4, -0.2) is 35.0 Å². The third kappa shape index (κ3) is 2.99. The number of hydrogen-bond donors (Lipinski definition) is 1. The van der Waals surface area contributed by atoms with Gasteiger partial charge in [0.1, 0.15) is 0 Å². The highest BCUT2D eigenvalue weighted by Gasteiger charge is 2.20. The number of likely N-dealkylation sites (tertiary alicyclic amines) is 1. The number of nitrogens with zero attached hydrogens (tertiary/aromatic N) is 2. The summed E-state index contributed by atoms with van der Waals surface area (Å²) in [7, 11) is 2.18. The van der Waals surface area contributed by atoms with E-state index < -0.39 is 0 Å². The van der Waals surface area contributed by atoms with Crippen molar-refractivity contribution in [2.24, 2.45) is 5.73 Å². The molecule has 5 heteroatoms. The fourth-order valence-electron chi connectivity index (χ4n) is 2.05. The molecule has 0 saturated carbocycles. The van der Waals surface area contributed by atoms with Crippen molar-refractivity contribution >= 4 is 28.5 Å². The van der Waals surface area contributed by atoms with E-state index in [9.17, 15) is 0 Å². The number of piperidine rings is 1. The zero-order valence-electron chi connectivity index (χ0n) is 9.48. The maximum atomic E-state index is 5.52. The highest BCUT2D eigenvalue weighted by atomic mass is 32.1. The van der Waals surface area contributed by atoms with Crippen LogP contribution in [0.25, 0.3) is 0 Å². The van der Waals surface area contributed by atoms with E-state index in [0.29, 0.717) is 17.3 Å². The lowest BCUT2D eigenvalue weighted by Gasteiger charge is -2.27. The molecule has 1 fully saturated rings. The average Bonchev–Trinajstić information content (AvgIpc) is 2.66. The summed E-state index contributed by atoms with van der Waals surface area (Å²) >= 11 is 6.58. The standard InChI is InChI=1S/C11H17N3S2/c1-14-4-2-8(3-5-14)9-7-16-11(13-9)6-10(12)15/h7-8H,2-6H2,1H3,(H2,12,15). The molecule has 1 aliphatic rings. The molecular formula is C11H17N3S2. The summed E-state index contributed by atoms with van der Waals surface area (Å²) in [5.41, 5.74) is 6.76. The quantitative estimate of drug-likeness (QED) is 0.836. The van der Waals surface area contributed by atoms with E-state index in [2.05, 4.69) is 22.3 Å². The fraction of sp³-hybridized carbons (Fsp3) is 0.636. The number of hydrogen-bond acceptors (Lipinski definition) is 4. The van der Waals surface area contributed by atoms with E-state index in [1.807, 2.05) is 0 Å². The van der Waals surface area contributed by atoms with Crippen molar-refractivity contribution in [1.29, 1.82) is 0 Å². The Bertz CT molecular complexity index is 367. The minimum absolute atomic E-state index is 0.532. The minimum atomic E-state index is 0.532. The molecule has 0 aliphatic carbocycles. The van der Waals surface area contributed by atoms with Gasteiger partial charge in [0, 0.05) is 17.7 Å². The summed E-state index contributed by atoms with van der Waals surface area (Å²) in [6, 6.07) is 0. The first-order valence-electron chi connectivity index (χ1n) is 5.56. The number of thiocarbonyl (C=S) groups is 1. The van der Waals surface area contributed by atoms with Crippen LogP contribution in [0, 0.1) is 0 Å². The van der Waals surface area contributed by atoms with Gasteiger partial charge in [-0.1, -0.05) is 12.2 Å². The molecule has 0 atom stereocenters. The zero-order valence-corrected chi connectivity index (χ0v) is 11.1. The third-order valence-electron chi connectivity index (χ3n) is 3.03. The first-order chi connectivity index (χ1) is 7.65. The van der Waals surface area contributed by atoms with E-state index >= 15 is 0 Å². The van der Waals surface area contributed by atoms with Gasteiger partial charge >= 0.3 is 0 Å². The van der Waals surface area contributed by atoms with E-state index in [4.69, 9.17) is 18.0 Å². The number of nitrogens with two attached hydrogens (primary N) is 1. The lowest BCUT2D eigenvalue weighted by atomic mass is 9.95. The summed E-state index contributed by atoms with van der Waals surface area (Å²) < 4.78 is 0. The van der Waals surface area contributed by atoms with Crippen molar-refractivity contribution in [3.8, 4) is 0 Å². The lowest BCUT2D eigenvalue weighted by molar-refractivity contribution is 0.253. The van der Waals surface area contributed by atoms with Gasteiger partial charge in [-0.2, -0.15) is 0 Å². The van der Waals surface area contributed by atoms with Gasteiger partial charge in [-0.3, -0.25) is 0 Å². The van der Waals surface area contributed by atoms with Crippen molar-refractivity contribution < 1.29 is 0 Å². The van der Waals surface area contributed by atoms with Crippen LogP contribution in [0.3, 0.4) is 0 Å². The Kier molecular flexibility index (Phi) is 3.89. The van der Waals surface area contributed by atoms with Crippen molar-refractivity contribution in [3.63, 3.8) is 0 Å². The van der Waals surface area contributed by atoms with Gasteiger partial charge in [0.05, 0.1) is 15.7 Å². The predicted molar refractivity (Wildman–Crippen MR) is 72.1 cm³/mol. The maximum absolute atomic E-state index is 5.52. The molecular weight excluding hydrogens is 238 g/mol. The first kappa shape index (κ1) is 12.0. The number of aromatic nitrogens is 1. The van der Waals surface area contributed by atoms with Crippen LogP contribution in [-0.2, 0) is 6.42 Å². The predicted octanol–water partition coefficient (Wildman–Crippen LogP) is 1.78. The van der Waals surface area contributed by atoms with E-state index in [-0.39, 0.29) is 0 Å². The Morgan fingerprint density at radius 1 is 1.62 bits per heavy atom. The zero-order chi connectivity index (χ0) is 11.5. The largest absolute Gasteiger partial charge is 0.393 e. The second-order valence-corrected chi connectivity index (χ2v) is 5.85. The van der Waals surface area contributed by atoms with E-state index in [1.165, 1.54) is 31.6 Å². The molecule has 0 amide bonds. The molecule has 1 aromatic rings. The van der Waals surface area contributed by atoms with Crippen LogP contribution in [0.5, 0.6) is 0 Å². The van der Waals surface area contributed by atoms with E-state index in [1.54, 1.807) is 11.3 Å². The summed E-state index contributed by atoms with van der Waals surface area (Å²) in [6.07, 6.45) is 3.08. The molecule has 2 rings (SSSR count). The second-order valence-electron chi connectivity index (χ2n) is 4.39. The molecule has 2 heterocycles. The SMILES string of the molecule is CN1CCC(c2csc(CC(N)=S)n2)CC1. The molecule has 0 spiro atoms. The molecule has 0 bridgehead atoms. The molecule has 0 radical (unpaired) electrons. The average molecular weight is 255 g/mol. The summed E-state index contributed by atoms with van der Waals surface area (Å²) in [5, 5.41) is 3.23.